The van der Waals surface area contributed by atoms with E-state index in [0.717, 1.165) is 0 Å². The lowest BCUT2D eigenvalue weighted by Crippen LogP contribution is -1.93. The predicted octanol–water partition coefficient (Wildman–Crippen LogP) is 0.144. The first-order valence-corrected chi connectivity index (χ1v) is 4.14. The molecule has 0 saturated heterocycles. The predicted molar refractivity (Wildman–Crippen MR) is 55.1 cm³/mol. The van der Waals surface area contributed by atoms with Crippen LogP contribution < -0.4 is 0 Å². The van der Waals surface area contributed by atoms with E-state index in [1.165, 1.54) is 48.1 Å². The normalized spacial score (nSPS) is 18.5. The van der Waals surface area contributed by atoms with Gasteiger partial charge in [0.15, 0.2) is 0 Å². The van der Waals surface area contributed by atoms with Crippen molar-refractivity contribution in [3.05, 3.63) is 46.6 Å². The van der Waals surface area contributed by atoms with Gasteiger partial charge in [0.1, 0.15) is 23.8 Å². The van der Waals surface area contributed by atoms with Crippen molar-refractivity contribution < 1.29 is 19.2 Å². The van der Waals surface area contributed by atoms with E-state index >= 15 is 0 Å². The smallest absolute Gasteiger partial charge is 0.133 e. The van der Waals surface area contributed by atoms with Crippen LogP contribution in [-0.2, 0) is 19.2 Å². The maximum Gasteiger partial charge on any atom is 0.133 e. The van der Waals surface area contributed by atoms with E-state index in [1.54, 1.807) is 0 Å². The molecule has 16 heavy (non-hydrogen) atoms. The Bertz CT molecular complexity index is 473. The fourth-order valence-corrected chi connectivity index (χ4v) is 1.05. The van der Waals surface area contributed by atoms with Crippen LogP contribution in [0.4, 0.5) is 0 Å². The van der Waals surface area contributed by atoms with Crippen LogP contribution in [0.3, 0.4) is 0 Å². The van der Waals surface area contributed by atoms with Crippen molar-refractivity contribution in [2.45, 2.75) is 0 Å². The Labute approximate surface area is 90.3 Å². The highest BCUT2D eigenvalue weighted by atomic mass is 16.1. The highest BCUT2D eigenvalue weighted by Gasteiger charge is 2.08. The molecule has 0 unspecified atom stereocenters. The zero-order chi connectivity index (χ0) is 12.0. The second kappa shape index (κ2) is 5.23. The molecule has 0 heterocycles. The minimum absolute atomic E-state index is 0.0519. The van der Waals surface area contributed by atoms with E-state index < -0.39 is 0 Å². The van der Waals surface area contributed by atoms with Crippen molar-refractivity contribution in [1.82, 2.24) is 0 Å². The standard InChI is InChI=1S/C12H4O4/c13-5-9-1-2-10(6-14)12(8-16)4-3-11(9)7-15/h1-4H/b2-1-,4-3-. The SMILES string of the molecule is O=C=C1/C=C\C(=C=O)C(=C=O)/C=C\C1=C=O. The Morgan fingerprint density at radius 1 is 0.500 bits per heavy atom. The molecule has 0 fully saturated rings. The molecule has 4 nitrogen and oxygen atoms in total. The first-order chi connectivity index (χ1) is 7.76. The van der Waals surface area contributed by atoms with Gasteiger partial charge < -0.3 is 0 Å². The van der Waals surface area contributed by atoms with E-state index in [1.807, 2.05) is 0 Å². The van der Waals surface area contributed by atoms with Crippen molar-refractivity contribution in [1.29, 1.82) is 0 Å². The fraction of sp³-hybridized carbons (Fsp3) is 0. The minimum Gasteiger partial charge on any atom is -0.233 e. The molecule has 0 spiro atoms. The average molecular weight is 212 g/mol. The molecule has 0 N–H and O–H groups in total. The average Bonchev–Trinajstić information content (AvgIpc) is 2.30. The van der Waals surface area contributed by atoms with Crippen LogP contribution in [0.15, 0.2) is 46.6 Å². The monoisotopic (exact) mass is 212 g/mol. The van der Waals surface area contributed by atoms with Gasteiger partial charge in [-0.05, 0) is 24.3 Å². The van der Waals surface area contributed by atoms with Gasteiger partial charge in [-0.25, -0.2) is 19.2 Å². The lowest BCUT2D eigenvalue weighted by Gasteiger charge is -1.99. The van der Waals surface area contributed by atoms with Gasteiger partial charge in [-0.2, -0.15) is 0 Å². The minimum atomic E-state index is -0.0519. The van der Waals surface area contributed by atoms with Gasteiger partial charge in [0.25, 0.3) is 0 Å². The van der Waals surface area contributed by atoms with Gasteiger partial charge >= 0.3 is 0 Å². The highest BCUT2D eigenvalue weighted by molar-refractivity contribution is 5.84. The molecule has 0 atom stereocenters. The van der Waals surface area contributed by atoms with Gasteiger partial charge in [-0.1, -0.05) is 0 Å². The first kappa shape index (κ1) is 11.4. The molecule has 76 valence electrons. The molecule has 0 amide bonds. The van der Waals surface area contributed by atoms with Gasteiger partial charge in [-0.15, -0.1) is 0 Å². The second-order valence-corrected chi connectivity index (χ2v) is 2.73. The first-order valence-electron chi connectivity index (χ1n) is 4.14. The number of hydrogen-bond acceptors (Lipinski definition) is 4. The zero-order valence-electron chi connectivity index (χ0n) is 7.94. The molecule has 0 aromatic heterocycles. The van der Waals surface area contributed by atoms with Crippen LogP contribution in [-0.4, -0.2) is 23.8 Å². The van der Waals surface area contributed by atoms with Crippen LogP contribution in [0.2, 0.25) is 0 Å². The lowest BCUT2D eigenvalue weighted by molar-refractivity contribution is 0.564. The summed E-state index contributed by atoms with van der Waals surface area (Å²) in [7, 11) is 0. The number of allylic oxidation sites excluding steroid dienone is 8. The molecule has 1 aliphatic carbocycles. The summed E-state index contributed by atoms with van der Waals surface area (Å²) in [6, 6.07) is 0. The summed E-state index contributed by atoms with van der Waals surface area (Å²) in [4.78, 5) is 42.0. The zero-order valence-corrected chi connectivity index (χ0v) is 7.94. The summed E-state index contributed by atoms with van der Waals surface area (Å²) in [5, 5.41) is 0. The fourth-order valence-electron chi connectivity index (χ4n) is 1.05. The van der Waals surface area contributed by atoms with Crippen LogP contribution in [0.25, 0.3) is 0 Å². The molecular weight excluding hydrogens is 208 g/mol. The van der Waals surface area contributed by atoms with Gasteiger partial charge in [0.05, 0.1) is 22.3 Å². The Kier molecular flexibility index (Phi) is 3.71. The van der Waals surface area contributed by atoms with Crippen molar-refractivity contribution in [2.24, 2.45) is 0 Å². The van der Waals surface area contributed by atoms with Crippen LogP contribution in [0.5, 0.6) is 0 Å². The van der Waals surface area contributed by atoms with Gasteiger partial charge in [-0.3, -0.25) is 0 Å². The van der Waals surface area contributed by atoms with E-state index in [9.17, 15) is 19.2 Å². The Morgan fingerprint density at radius 3 is 0.812 bits per heavy atom. The van der Waals surface area contributed by atoms with Crippen molar-refractivity contribution in [3.8, 4) is 0 Å². The van der Waals surface area contributed by atoms with E-state index in [-0.39, 0.29) is 22.3 Å². The Morgan fingerprint density at radius 2 is 0.688 bits per heavy atom. The quantitative estimate of drug-likeness (QED) is 0.536. The second-order valence-electron chi connectivity index (χ2n) is 2.73. The maximum absolute atomic E-state index is 10.5. The Hall–Kier alpha value is -2.72. The van der Waals surface area contributed by atoms with E-state index in [2.05, 4.69) is 0 Å². The molecule has 0 aliphatic heterocycles. The largest absolute Gasteiger partial charge is 0.233 e. The maximum atomic E-state index is 10.5. The van der Waals surface area contributed by atoms with Crippen molar-refractivity contribution >= 4 is 23.8 Å². The van der Waals surface area contributed by atoms with Crippen molar-refractivity contribution in [3.63, 3.8) is 0 Å². The molecule has 0 aromatic rings. The third-order valence-corrected chi connectivity index (χ3v) is 1.85. The summed E-state index contributed by atoms with van der Waals surface area (Å²) < 4.78 is 0. The molecule has 0 aromatic carbocycles. The highest BCUT2D eigenvalue weighted by Crippen LogP contribution is 2.16. The third-order valence-electron chi connectivity index (χ3n) is 1.85. The summed E-state index contributed by atoms with van der Waals surface area (Å²) in [6.07, 6.45) is 4.76. The van der Waals surface area contributed by atoms with E-state index in [4.69, 9.17) is 0 Å². The molecule has 4 heteroatoms. The number of carbonyl (C=O) groups excluding carboxylic acids is 4. The summed E-state index contributed by atoms with van der Waals surface area (Å²) in [5.74, 6) is 6.11. The third kappa shape index (κ3) is 2.20. The Balaban J connectivity index is 3.49. The van der Waals surface area contributed by atoms with Gasteiger partial charge in [0.2, 0.25) is 0 Å². The topological polar surface area (TPSA) is 68.3 Å². The van der Waals surface area contributed by atoms with Crippen molar-refractivity contribution in [2.75, 3.05) is 0 Å². The van der Waals surface area contributed by atoms with Crippen LogP contribution in [0, 0.1) is 0 Å². The number of rotatable bonds is 0. The van der Waals surface area contributed by atoms with Gasteiger partial charge in [0, 0.05) is 0 Å². The molecule has 0 bridgehead atoms. The molecular formula is C12H4O4. The summed E-state index contributed by atoms with van der Waals surface area (Å²) in [6.45, 7) is 0. The number of hydrogen-bond donors (Lipinski definition) is 0. The molecule has 1 rings (SSSR count). The molecule has 0 radical (unpaired) electrons. The van der Waals surface area contributed by atoms with Crippen LogP contribution >= 0.6 is 0 Å². The molecule has 1 aliphatic rings. The summed E-state index contributed by atoms with van der Waals surface area (Å²) >= 11 is 0. The molecule has 0 saturated carbocycles. The summed E-state index contributed by atoms with van der Waals surface area (Å²) in [5.41, 5.74) is -0.208. The van der Waals surface area contributed by atoms with E-state index in [0.29, 0.717) is 0 Å². The van der Waals surface area contributed by atoms with Crippen LogP contribution in [0.1, 0.15) is 0 Å². The lowest BCUT2D eigenvalue weighted by atomic mass is 9.99.